The van der Waals surface area contributed by atoms with Crippen molar-refractivity contribution >= 4 is 22.7 Å². The van der Waals surface area contributed by atoms with Gasteiger partial charge in [-0.2, -0.15) is 0 Å². The van der Waals surface area contributed by atoms with Crippen LogP contribution in [0.3, 0.4) is 0 Å². The smallest absolute Gasteiger partial charge is 0.385 e. The van der Waals surface area contributed by atoms with E-state index in [4.69, 9.17) is 18.7 Å². The average molecular weight is 257 g/mol. The second-order valence-electron chi connectivity index (χ2n) is 3.01. The van der Waals surface area contributed by atoms with Crippen LogP contribution >= 0.6 is 0 Å². The largest absolute Gasteiger partial charge is 0.750 e. The van der Waals surface area contributed by atoms with E-state index in [0.29, 0.717) is 5.69 Å². The highest BCUT2D eigenvalue weighted by molar-refractivity contribution is 7.73. The molecule has 0 saturated carbocycles. The van der Waals surface area contributed by atoms with E-state index in [1.807, 2.05) is 12.1 Å². The van der Waals surface area contributed by atoms with Gasteiger partial charge in [-0.1, -0.05) is 0 Å². The van der Waals surface area contributed by atoms with Crippen LogP contribution in [-0.4, -0.2) is 26.4 Å². The normalized spacial score (nSPS) is 10.8. The van der Waals surface area contributed by atoms with Gasteiger partial charge in [0.2, 0.25) is 5.39 Å². The fourth-order valence-corrected chi connectivity index (χ4v) is 1.32. The maximum atomic E-state index is 8.56. The van der Waals surface area contributed by atoms with E-state index in [1.54, 1.807) is 12.1 Å². The molecule has 0 heterocycles. The average Bonchev–Trinajstić information content (AvgIpc) is 2.31. The maximum Gasteiger partial charge on any atom is 0.385 e. The molecule has 0 fully saturated rings. The van der Waals surface area contributed by atoms with Gasteiger partial charge in [0.05, 0.1) is 11.4 Å². The van der Waals surface area contributed by atoms with Crippen LogP contribution in [0.25, 0.3) is 4.98 Å². The molecule has 6 nitrogen and oxygen atoms in total. The van der Waals surface area contributed by atoms with E-state index in [-0.39, 0.29) is 0 Å². The van der Waals surface area contributed by atoms with E-state index in [9.17, 15) is 0 Å². The van der Waals surface area contributed by atoms with Gasteiger partial charge in [0.1, 0.15) is 0 Å². The molecule has 1 unspecified atom stereocenters. The highest BCUT2D eigenvalue weighted by Crippen LogP contribution is 2.19. The highest BCUT2D eigenvalue weighted by Gasteiger charge is 2.05. The Kier molecular flexibility index (Phi) is 7.88. The maximum absolute atomic E-state index is 8.56. The Morgan fingerprint density at radius 3 is 2.06 bits per heavy atom. The van der Waals surface area contributed by atoms with E-state index in [2.05, 4.69) is 23.7 Å². The van der Waals surface area contributed by atoms with Crippen LogP contribution in [0, 0.1) is 5.39 Å². The number of benzene rings is 1. The van der Waals surface area contributed by atoms with E-state index in [1.165, 1.54) is 0 Å². The number of hydrogen-bond donors (Lipinski definition) is 1. The standard InChI is InChI=1S/C10H14N3.H2O3S/c1-3-13(4-2)10-7-5-9(12-11)6-8-10;1-4(2)3/h5-8H,3-4H2,1-2H3;(H2,1,2,3)/q+1;/p-1. The molecule has 0 amide bonds. The summed E-state index contributed by atoms with van der Waals surface area (Å²) in [5.74, 6) is 0. The molecule has 0 aliphatic rings. The van der Waals surface area contributed by atoms with Crippen LogP contribution in [0.15, 0.2) is 24.3 Å². The van der Waals surface area contributed by atoms with Gasteiger partial charge in [0, 0.05) is 30.9 Å². The molecule has 0 spiro atoms. The van der Waals surface area contributed by atoms with Crippen molar-refractivity contribution in [3.8, 4) is 0 Å². The van der Waals surface area contributed by atoms with Crippen molar-refractivity contribution in [3.05, 3.63) is 29.2 Å². The summed E-state index contributed by atoms with van der Waals surface area (Å²) in [4.78, 5) is 5.34. The quantitative estimate of drug-likeness (QED) is 0.662. The highest BCUT2D eigenvalue weighted by atomic mass is 32.2. The summed E-state index contributed by atoms with van der Waals surface area (Å²) >= 11 is -2.86. The molecule has 1 aromatic rings. The second-order valence-corrected chi connectivity index (χ2v) is 3.44. The van der Waals surface area contributed by atoms with Gasteiger partial charge >= 0.3 is 5.69 Å². The van der Waals surface area contributed by atoms with E-state index in [0.717, 1.165) is 18.8 Å². The summed E-state index contributed by atoms with van der Waals surface area (Å²) in [6.45, 7) is 6.22. The Morgan fingerprint density at radius 2 is 1.76 bits per heavy atom. The molecule has 0 radical (unpaired) electrons. The predicted octanol–water partition coefficient (Wildman–Crippen LogP) is 2.36. The topological polar surface area (TPSA) is 91.8 Å². The lowest BCUT2D eigenvalue weighted by atomic mass is 10.2. The minimum Gasteiger partial charge on any atom is -0.750 e. The minimum absolute atomic E-state index is 0.593. The summed E-state index contributed by atoms with van der Waals surface area (Å²) in [5, 5.41) is 8.49. The van der Waals surface area contributed by atoms with Crippen LogP contribution < -0.4 is 4.90 Å². The molecular formula is C10H15N3O3S. The fourth-order valence-electron chi connectivity index (χ4n) is 1.32. The zero-order valence-electron chi connectivity index (χ0n) is 9.74. The monoisotopic (exact) mass is 257 g/mol. The summed E-state index contributed by atoms with van der Waals surface area (Å²) in [6.07, 6.45) is 0. The van der Waals surface area contributed by atoms with Crippen LogP contribution in [0.5, 0.6) is 0 Å². The summed E-state index contributed by atoms with van der Waals surface area (Å²) < 4.78 is 24.1. The zero-order valence-corrected chi connectivity index (χ0v) is 10.6. The number of nitrogens with zero attached hydrogens (tertiary/aromatic N) is 3. The molecule has 1 aromatic carbocycles. The van der Waals surface area contributed by atoms with Crippen molar-refractivity contribution in [2.45, 2.75) is 13.8 Å². The fraction of sp³-hybridized carbons (Fsp3) is 0.400. The van der Waals surface area contributed by atoms with Gasteiger partial charge in [-0.15, -0.1) is 0 Å². The molecule has 1 atom stereocenters. The Bertz CT molecular complexity index is 381. The SMILES string of the molecule is CCN(CC)c1ccc([N+]#N)cc1.O=S([O-])O. The third kappa shape index (κ3) is 6.63. The van der Waals surface area contributed by atoms with Gasteiger partial charge in [-0.25, -0.2) is 4.21 Å². The zero-order chi connectivity index (χ0) is 13.3. The first kappa shape index (κ1) is 15.5. The van der Waals surface area contributed by atoms with Gasteiger partial charge in [-0.3, -0.25) is 0 Å². The van der Waals surface area contributed by atoms with Crippen molar-refractivity contribution in [3.63, 3.8) is 0 Å². The molecule has 0 aromatic heterocycles. The number of hydrogen-bond acceptors (Lipinski definition) is 4. The van der Waals surface area contributed by atoms with Crippen LogP contribution in [0.1, 0.15) is 13.8 Å². The van der Waals surface area contributed by atoms with Crippen molar-refractivity contribution in [1.82, 2.24) is 0 Å². The summed E-state index contributed by atoms with van der Waals surface area (Å²) in [5.41, 5.74) is 1.76. The molecule has 17 heavy (non-hydrogen) atoms. The second kappa shape index (κ2) is 8.64. The number of diazo groups is 1. The van der Waals surface area contributed by atoms with Gasteiger partial charge in [0.15, 0.2) is 4.98 Å². The lowest BCUT2D eigenvalue weighted by Crippen LogP contribution is -2.21. The molecule has 0 aliphatic heterocycles. The number of rotatable bonds is 3. The lowest BCUT2D eigenvalue weighted by molar-refractivity contribution is 0.436. The van der Waals surface area contributed by atoms with Crippen LogP contribution in [-0.2, 0) is 11.4 Å². The number of anilines is 1. The van der Waals surface area contributed by atoms with Crippen molar-refractivity contribution in [2.24, 2.45) is 0 Å². The molecule has 7 heteroatoms. The van der Waals surface area contributed by atoms with Crippen molar-refractivity contribution < 1.29 is 13.3 Å². The first-order valence-electron chi connectivity index (χ1n) is 5.03. The first-order valence-corrected chi connectivity index (χ1v) is 6.06. The molecule has 0 saturated heterocycles. The first-order chi connectivity index (χ1) is 8.04. The Labute approximate surface area is 103 Å². The molecule has 1 N–H and O–H groups in total. The van der Waals surface area contributed by atoms with Crippen molar-refractivity contribution in [1.29, 1.82) is 5.39 Å². The molecular weight excluding hydrogens is 242 g/mol. The van der Waals surface area contributed by atoms with E-state index >= 15 is 0 Å². The third-order valence-corrected chi connectivity index (χ3v) is 2.09. The van der Waals surface area contributed by atoms with Crippen LogP contribution in [0.2, 0.25) is 0 Å². The van der Waals surface area contributed by atoms with Gasteiger partial charge in [0.25, 0.3) is 0 Å². The van der Waals surface area contributed by atoms with E-state index < -0.39 is 11.4 Å². The predicted molar refractivity (Wildman–Crippen MR) is 66.3 cm³/mol. The lowest BCUT2D eigenvalue weighted by Gasteiger charge is -2.20. The molecule has 94 valence electrons. The van der Waals surface area contributed by atoms with Gasteiger partial charge in [-0.05, 0) is 26.0 Å². The Balaban J connectivity index is 0.000000557. The summed E-state index contributed by atoms with van der Waals surface area (Å²) in [7, 11) is 0. The Morgan fingerprint density at radius 1 is 1.35 bits per heavy atom. The Hall–Kier alpha value is -1.49. The molecule has 1 rings (SSSR count). The molecule has 0 aliphatic carbocycles. The minimum atomic E-state index is -2.86. The third-order valence-electron chi connectivity index (χ3n) is 2.09. The van der Waals surface area contributed by atoms with Crippen LogP contribution in [0.4, 0.5) is 11.4 Å². The summed E-state index contributed by atoms with van der Waals surface area (Å²) in [6, 6.07) is 7.52. The van der Waals surface area contributed by atoms with Crippen molar-refractivity contribution in [2.75, 3.05) is 18.0 Å². The van der Waals surface area contributed by atoms with Gasteiger partial charge < -0.3 is 14.0 Å². The molecule has 0 bridgehead atoms.